The lowest BCUT2D eigenvalue weighted by Crippen LogP contribution is -2.44. The molecule has 9 nitrogen and oxygen atoms in total. The number of fused-ring (bicyclic) bond motifs is 9. The van der Waals surface area contributed by atoms with Crippen LogP contribution in [0, 0.1) is 0 Å². The summed E-state index contributed by atoms with van der Waals surface area (Å²) in [5.74, 6) is 0. The second-order valence-corrected chi connectivity index (χ2v) is 13.6. The van der Waals surface area contributed by atoms with Crippen molar-refractivity contribution >= 4 is 0 Å². The van der Waals surface area contributed by atoms with Gasteiger partial charge >= 0.3 is 0 Å². The van der Waals surface area contributed by atoms with Crippen LogP contribution in [0.5, 0.6) is 0 Å². The van der Waals surface area contributed by atoms with E-state index in [4.69, 9.17) is 15.0 Å². The summed E-state index contributed by atoms with van der Waals surface area (Å²) < 4.78 is 0. The van der Waals surface area contributed by atoms with Crippen molar-refractivity contribution in [3.05, 3.63) is 88.8 Å². The van der Waals surface area contributed by atoms with E-state index < -0.39 is 0 Å². The zero-order valence-corrected chi connectivity index (χ0v) is 26.6. The molecule has 6 bridgehead atoms. The van der Waals surface area contributed by atoms with Crippen LogP contribution in [-0.2, 0) is 39.3 Å². The smallest absolute Gasteiger partial charge is 0.0545 e. The van der Waals surface area contributed by atoms with E-state index in [0.717, 1.165) is 73.4 Å². The lowest BCUT2D eigenvalue weighted by atomic mass is 10.1. The number of rotatable bonds is 0. The van der Waals surface area contributed by atoms with Gasteiger partial charge in [-0.25, -0.2) is 0 Å². The van der Waals surface area contributed by atoms with Gasteiger partial charge in [0, 0.05) is 75.5 Å². The van der Waals surface area contributed by atoms with E-state index in [0.29, 0.717) is 36.3 Å². The zero-order valence-electron chi connectivity index (χ0n) is 26.6. The van der Waals surface area contributed by atoms with Crippen LogP contribution in [0.25, 0.3) is 0 Å². The first-order valence-electron chi connectivity index (χ1n) is 17.5. The Morgan fingerprint density at radius 3 is 0.733 bits per heavy atom. The number of nitrogens with zero attached hydrogens (tertiary/aromatic N) is 3. The topological polar surface area (TPSA) is 111 Å². The van der Waals surface area contributed by atoms with Crippen molar-refractivity contribution in [1.82, 2.24) is 46.9 Å². The summed E-state index contributed by atoms with van der Waals surface area (Å²) in [7, 11) is 0. The Hall–Kier alpha value is -2.79. The molecule has 0 unspecified atom stereocenters. The Labute approximate surface area is 268 Å². The molecule has 7 rings (SSSR count). The summed E-state index contributed by atoms with van der Waals surface area (Å²) in [5.41, 5.74) is 6.70. The molecule has 45 heavy (non-hydrogen) atoms. The van der Waals surface area contributed by atoms with Gasteiger partial charge in [-0.3, -0.25) is 15.0 Å². The molecule has 0 radical (unpaired) electrons. The first kappa shape index (κ1) is 30.8. The highest BCUT2D eigenvalue weighted by Gasteiger charge is 2.29. The van der Waals surface area contributed by atoms with Gasteiger partial charge in [0.1, 0.15) is 0 Å². The average molecular weight is 610 g/mol. The summed E-state index contributed by atoms with van der Waals surface area (Å²) >= 11 is 0. The minimum Gasteiger partial charge on any atom is -0.307 e. The fourth-order valence-corrected chi connectivity index (χ4v) is 7.94. The molecule has 3 fully saturated rings. The molecule has 0 amide bonds. The van der Waals surface area contributed by atoms with Crippen LogP contribution in [-0.4, -0.2) is 51.2 Å². The monoisotopic (exact) mass is 609 g/mol. The highest BCUT2D eigenvalue weighted by molar-refractivity contribution is 5.15. The SMILES string of the molecule is c1cc2nc(c1)CN[C@@H]1CCC[C@H]1NCc1cccc(n1)CN[C@@H]1CCC[C@H]1NCc1cccc(n1)CN[C@@H]1CCC[C@H]1NC2. The Kier molecular flexibility index (Phi) is 10.4. The normalized spacial score (nSPS) is 30.1. The molecule has 4 heterocycles. The van der Waals surface area contributed by atoms with Gasteiger partial charge in [-0.05, 0) is 74.9 Å². The summed E-state index contributed by atoms with van der Waals surface area (Å²) in [5, 5.41) is 23.0. The van der Waals surface area contributed by atoms with E-state index in [9.17, 15) is 0 Å². The largest absolute Gasteiger partial charge is 0.307 e. The maximum absolute atomic E-state index is 5.01. The average Bonchev–Trinajstić information content (AvgIpc) is 3.84. The molecule has 3 aromatic rings. The predicted molar refractivity (Wildman–Crippen MR) is 178 cm³/mol. The molecule has 0 aromatic carbocycles. The van der Waals surface area contributed by atoms with Crippen LogP contribution in [0.15, 0.2) is 54.6 Å². The third kappa shape index (κ3) is 8.33. The van der Waals surface area contributed by atoms with E-state index in [-0.39, 0.29) is 0 Å². The van der Waals surface area contributed by atoms with E-state index in [2.05, 4.69) is 86.5 Å². The number of aromatic nitrogens is 3. The molecular weight excluding hydrogens is 558 g/mol. The minimum atomic E-state index is 0.452. The molecule has 1 aliphatic heterocycles. The van der Waals surface area contributed by atoms with Crippen molar-refractivity contribution < 1.29 is 0 Å². The maximum Gasteiger partial charge on any atom is 0.0545 e. The van der Waals surface area contributed by atoms with E-state index in [1.165, 1.54) is 57.8 Å². The van der Waals surface area contributed by atoms with Crippen molar-refractivity contribution in [3.8, 4) is 0 Å². The van der Waals surface area contributed by atoms with Crippen LogP contribution >= 0.6 is 0 Å². The second kappa shape index (κ2) is 15.2. The van der Waals surface area contributed by atoms with Gasteiger partial charge in [0.05, 0.1) is 34.2 Å². The highest BCUT2D eigenvalue weighted by Crippen LogP contribution is 2.23. The van der Waals surface area contributed by atoms with Crippen molar-refractivity contribution in [2.45, 2.75) is 133 Å². The Morgan fingerprint density at radius 2 is 0.533 bits per heavy atom. The maximum atomic E-state index is 5.01. The Balaban J connectivity index is 1.05. The Bertz CT molecular complexity index is 1130. The molecule has 9 heteroatoms. The van der Waals surface area contributed by atoms with Crippen LogP contribution in [0.2, 0.25) is 0 Å². The van der Waals surface area contributed by atoms with E-state index >= 15 is 0 Å². The van der Waals surface area contributed by atoms with E-state index in [1.807, 2.05) is 0 Å². The summed E-state index contributed by atoms with van der Waals surface area (Å²) in [6.45, 7) is 4.79. The van der Waals surface area contributed by atoms with Crippen molar-refractivity contribution in [3.63, 3.8) is 0 Å². The Morgan fingerprint density at radius 1 is 0.333 bits per heavy atom. The lowest BCUT2D eigenvalue weighted by molar-refractivity contribution is 0.399. The zero-order chi connectivity index (χ0) is 30.3. The van der Waals surface area contributed by atoms with Crippen molar-refractivity contribution in [1.29, 1.82) is 0 Å². The first-order valence-corrected chi connectivity index (χ1v) is 17.5. The van der Waals surface area contributed by atoms with Gasteiger partial charge in [0.25, 0.3) is 0 Å². The third-order valence-electron chi connectivity index (χ3n) is 10.4. The summed E-state index contributed by atoms with van der Waals surface area (Å²) in [6, 6.07) is 22.1. The van der Waals surface area contributed by atoms with Gasteiger partial charge in [-0.1, -0.05) is 37.5 Å². The molecule has 240 valence electrons. The molecule has 0 spiro atoms. The predicted octanol–water partition coefficient (Wildman–Crippen LogP) is 3.59. The minimum absolute atomic E-state index is 0.452. The first-order chi connectivity index (χ1) is 22.2. The molecule has 3 aromatic heterocycles. The highest BCUT2D eigenvalue weighted by atomic mass is 15.1. The molecule has 6 N–H and O–H groups in total. The fraction of sp³-hybridized carbons (Fsp3) is 0.583. The van der Waals surface area contributed by atoms with Gasteiger partial charge in [0.15, 0.2) is 0 Å². The molecule has 3 saturated carbocycles. The van der Waals surface area contributed by atoms with Crippen LogP contribution in [0.3, 0.4) is 0 Å². The van der Waals surface area contributed by atoms with Gasteiger partial charge in [0.2, 0.25) is 0 Å². The molecule has 0 saturated heterocycles. The van der Waals surface area contributed by atoms with Gasteiger partial charge in [-0.2, -0.15) is 0 Å². The fourth-order valence-electron chi connectivity index (χ4n) is 7.94. The quantitative estimate of drug-likeness (QED) is 0.228. The number of nitrogens with one attached hydrogen (secondary N) is 6. The molecule has 3 aliphatic carbocycles. The second-order valence-electron chi connectivity index (χ2n) is 13.6. The van der Waals surface area contributed by atoms with Crippen LogP contribution < -0.4 is 31.9 Å². The number of hydrogen-bond acceptors (Lipinski definition) is 9. The van der Waals surface area contributed by atoms with Crippen molar-refractivity contribution in [2.24, 2.45) is 0 Å². The van der Waals surface area contributed by atoms with Crippen molar-refractivity contribution in [2.75, 3.05) is 0 Å². The number of pyridine rings is 3. The summed E-state index contributed by atoms with van der Waals surface area (Å²) in [4.78, 5) is 15.0. The van der Waals surface area contributed by atoms with Gasteiger partial charge < -0.3 is 31.9 Å². The van der Waals surface area contributed by atoms with Crippen LogP contribution in [0.4, 0.5) is 0 Å². The molecular formula is C36H51N9. The third-order valence-corrected chi connectivity index (χ3v) is 10.4. The standard InChI is InChI=1S/C36H51N9/c1-7-25-19-37-31-13-4-15-33(31)39-21-27-9-2-11-29(44-27)23-41-35-17-6-18-36(35)42-24-30-12-3-10-28(45-30)22-40-34-16-5-14-32(34)38-20-26(8-1)43-25/h1-3,7-12,31-42H,4-6,13-24H2/t31-,32-,33-,34-,35-,36-/m1/s1. The summed E-state index contributed by atoms with van der Waals surface area (Å²) in [6.07, 6.45) is 10.9. The molecule has 4 aliphatic rings. The molecule has 6 atom stereocenters. The van der Waals surface area contributed by atoms with E-state index in [1.54, 1.807) is 0 Å². The van der Waals surface area contributed by atoms with Crippen LogP contribution in [0.1, 0.15) is 92.0 Å². The lowest BCUT2D eigenvalue weighted by Gasteiger charge is -2.23. The van der Waals surface area contributed by atoms with Gasteiger partial charge in [-0.15, -0.1) is 0 Å². The number of hydrogen-bond donors (Lipinski definition) is 6.